The number of halogens is 2. The van der Waals surface area contributed by atoms with Crippen LogP contribution in [0.4, 0.5) is 0 Å². The maximum Gasteiger partial charge on any atom is 0.162 e. The zero-order valence-electron chi connectivity index (χ0n) is 14.4. The fourth-order valence-electron chi connectivity index (χ4n) is 3.30. The van der Waals surface area contributed by atoms with Gasteiger partial charge in [-0.1, -0.05) is 47.5 Å². The highest BCUT2D eigenvalue weighted by Gasteiger charge is 2.27. The van der Waals surface area contributed by atoms with E-state index < -0.39 is 6.04 Å². The second-order valence-corrected chi connectivity index (χ2v) is 7.31. The summed E-state index contributed by atoms with van der Waals surface area (Å²) in [6, 6.07) is 16.5. The Morgan fingerprint density at radius 2 is 1.78 bits per heavy atom. The molecule has 1 aliphatic rings. The molecule has 0 radical (unpaired) electrons. The molecule has 0 amide bonds. The molecule has 0 aliphatic carbocycles. The van der Waals surface area contributed by atoms with Gasteiger partial charge in [0.2, 0.25) is 0 Å². The zero-order valence-corrected chi connectivity index (χ0v) is 15.9. The van der Waals surface area contributed by atoms with Crippen LogP contribution < -0.4 is 0 Å². The topological polar surface area (TPSA) is 42.3 Å². The summed E-state index contributed by atoms with van der Waals surface area (Å²) in [6.45, 7) is 0. The van der Waals surface area contributed by atoms with Crippen molar-refractivity contribution in [3.05, 3.63) is 99.3 Å². The number of aliphatic imine (C=N–C) groups is 1. The van der Waals surface area contributed by atoms with E-state index in [0.717, 1.165) is 28.0 Å². The fraction of sp³-hybridized carbons (Fsp3) is 0.136. The maximum atomic E-state index is 13.0. The van der Waals surface area contributed by atoms with Crippen LogP contribution in [-0.4, -0.2) is 22.5 Å². The number of aromatic nitrogens is 1. The third kappa shape index (κ3) is 3.80. The van der Waals surface area contributed by atoms with Crippen LogP contribution in [0.15, 0.2) is 72.0 Å². The van der Waals surface area contributed by atoms with E-state index in [4.69, 9.17) is 28.2 Å². The van der Waals surface area contributed by atoms with Gasteiger partial charge in [-0.15, -0.1) is 0 Å². The molecule has 0 spiro atoms. The van der Waals surface area contributed by atoms with Crippen LogP contribution >= 0.6 is 23.2 Å². The number of Topliss-reactive ketones (excluding diaryl/α,β-unsaturated/α-hetero) is 1. The van der Waals surface area contributed by atoms with E-state index in [1.165, 1.54) is 0 Å². The van der Waals surface area contributed by atoms with E-state index in [-0.39, 0.29) is 5.78 Å². The number of carbonyl (C=O) groups is 1. The Hall–Kier alpha value is -2.49. The summed E-state index contributed by atoms with van der Waals surface area (Å²) >= 11 is 12.5. The molecular weight excluding hydrogens is 379 g/mol. The van der Waals surface area contributed by atoms with Crippen molar-refractivity contribution >= 4 is 34.7 Å². The summed E-state index contributed by atoms with van der Waals surface area (Å²) < 4.78 is 0. The van der Waals surface area contributed by atoms with Gasteiger partial charge >= 0.3 is 0 Å². The normalized spacial score (nSPS) is 16.4. The molecule has 1 unspecified atom stereocenters. The van der Waals surface area contributed by atoms with E-state index >= 15 is 0 Å². The molecule has 0 fully saturated rings. The van der Waals surface area contributed by atoms with Gasteiger partial charge in [-0.05, 0) is 41.5 Å². The van der Waals surface area contributed by atoms with Crippen LogP contribution in [0.25, 0.3) is 0 Å². The highest BCUT2D eigenvalue weighted by molar-refractivity contribution is 6.32. The third-order valence-corrected chi connectivity index (χ3v) is 5.28. The second kappa shape index (κ2) is 7.63. The smallest absolute Gasteiger partial charge is 0.162 e. The largest absolute Gasteiger partial charge is 0.297 e. The first-order valence-corrected chi connectivity index (χ1v) is 9.40. The van der Waals surface area contributed by atoms with Gasteiger partial charge in [-0.3, -0.25) is 14.8 Å². The van der Waals surface area contributed by atoms with Gasteiger partial charge in [0.05, 0.1) is 5.71 Å². The quantitative estimate of drug-likeness (QED) is 0.629. The molecule has 1 atom stereocenters. The minimum Gasteiger partial charge on any atom is -0.297 e. The molecule has 1 aromatic heterocycles. The van der Waals surface area contributed by atoms with Gasteiger partial charge in [-0.2, -0.15) is 0 Å². The number of hydrogen-bond donors (Lipinski definition) is 0. The molecule has 0 N–H and O–H groups in total. The van der Waals surface area contributed by atoms with E-state index in [1.807, 2.05) is 54.6 Å². The highest BCUT2D eigenvalue weighted by Crippen LogP contribution is 2.27. The van der Waals surface area contributed by atoms with E-state index in [1.54, 1.807) is 12.4 Å². The molecule has 27 heavy (non-hydrogen) atoms. The minimum absolute atomic E-state index is 0.0718. The molecule has 1 aliphatic heterocycles. The summed E-state index contributed by atoms with van der Waals surface area (Å²) in [5.41, 5.74) is 4.41. The lowest BCUT2D eigenvalue weighted by Crippen LogP contribution is -2.23. The Morgan fingerprint density at radius 1 is 1.00 bits per heavy atom. The predicted octanol–water partition coefficient (Wildman–Crippen LogP) is 4.96. The van der Waals surface area contributed by atoms with Crippen LogP contribution in [0.2, 0.25) is 10.0 Å². The number of carbonyl (C=O) groups excluding carboxylic acids is 1. The minimum atomic E-state index is -0.501. The SMILES string of the molecule is O=C1Cc2ccc(Cl)cc2C(c2ccncc2)=NC1Cc1ccccc1Cl. The first kappa shape index (κ1) is 17.9. The Morgan fingerprint density at radius 3 is 2.56 bits per heavy atom. The fourth-order valence-corrected chi connectivity index (χ4v) is 3.68. The van der Waals surface area contributed by atoms with Gasteiger partial charge in [-0.25, -0.2) is 0 Å². The molecule has 5 heteroatoms. The molecule has 4 rings (SSSR count). The van der Waals surface area contributed by atoms with E-state index in [0.29, 0.717) is 22.9 Å². The van der Waals surface area contributed by atoms with Crippen molar-refractivity contribution in [1.29, 1.82) is 0 Å². The van der Waals surface area contributed by atoms with Crippen molar-refractivity contribution in [1.82, 2.24) is 4.98 Å². The van der Waals surface area contributed by atoms with Gasteiger partial charge < -0.3 is 0 Å². The molecule has 3 nitrogen and oxygen atoms in total. The summed E-state index contributed by atoms with van der Waals surface area (Å²) in [6.07, 6.45) is 4.23. The highest BCUT2D eigenvalue weighted by atomic mass is 35.5. The number of fused-ring (bicyclic) bond motifs is 1. The number of pyridine rings is 1. The van der Waals surface area contributed by atoms with Crippen LogP contribution in [-0.2, 0) is 17.6 Å². The lowest BCUT2D eigenvalue weighted by atomic mass is 9.95. The average Bonchev–Trinajstić information content (AvgIpc) is 2.81. The van der Waals surface area contributed by atoms with Crippen LogP contribution in [0.5, 0.6) is 0 Å². The van der Waals surface area contributed by atoms with Crippen molar-refractivity contribution in [3.8, 4) is 0 Å². The van der Waals surface area contributed by atoms with Crippen molar-refractivity contribution in [3.63, 3.8) is 0 Å². The zero-order chi connectivity index (χ0) is 18.8. The molecular formula is C22H16Cl2N2O. The van der Waals surface area contributed by atoms with Gasteiger partial charge in [0.15, 0.2) is 5.78 Å². The first-order chi connectivity index (χ1) is 13.1. The molecule has 2 aromatic carbocycles. The van der Waals surface area contributed by atoms with Crippen molar-refractivity contribution in [2.24, 2.45) is 4.99 Å². The Bertz CT molecular complexity index is 1030. The lowest BCUT2D eigenvalue weighted by Gasteiger charge is -2.12. The molecule has 3 aromatic rings. The Labute approximate surface area is 167 Å². The Balaban J connectivity index is 1.83. The van der Waals surface area contributed by atoms with Crippen LogP contribution in [0.1, 0.15) is 22.3 Å². The molecule has 0 saturated carbocycles. The van der Waals surface area contributed by atoms with E-state index in [9.17, 15) is 4.79 Å². The van der Waals surface area contributed by atoms with Crippen LogP contribution in [0, 0.1) is 0 Å². The second-order valence-electron chi connectivity index (χ2n) is 6.47. The lowest BCUT2D eigenvalue weighted by molar-refractivity contribution is -0.119. The number of rotatable bonds is 3. The molecule has 2 heterocycles. The standard InChI is InChI=1S/C22H16Cl2N2O/c23-17-6-5-15-12-21(27)20(11-16-3-1-2-4-19(16)24)26-22(18(15)13-17)14-7-9-25-10-8-14/h1-10,13,20H,11-12H2. The van der Waals surface area contributed by atoms with Crippen LogP contribution in [0.3, 0.4) is 0 Å². The van der Waals surface area contributed by atoms with Gasteiger partial charge in [0.1, 0.15) is 6.04 Å². The van der Waals surface area contributed by atoms with Crippen molar-refractivity contribution in [2.75, 3.05) is 0 Å². The number of ketones is 1. The number of hydrogen-bond acceptors (Lipinski definition) is 3. The molecule has 0 bridgehead atoms. The molecule has 134 valence electrons. The number of nitrogens with zero attached hydrogens (tertiary/aromatic N) is 2. The van der Waals surface area contributed by atoms with Crippen molar-refractivity contribution < 1.29 is 4.79 Å². The van der Waals surface area contributed by atoms with E-state index in [2.05, 4.69) is 4.98 Å². The predicted molar refractivity (Wildman–Crippen MR) is 109 cm³/mol. The number of benzene rings is 2. The summed E-state index contributed by atoms with van der Waals surface area (Å²) in [5.74, 6) is 0.0718. The third-order valence-electron chi connectivity index (χ3n) is 4.67. The maximum absolute atomic E-state index is 13.0. The van der Waals surface area contributed by atoms with Gasteiger partial charge in [0.25, 0.3) is 0 Å². The first-order valence-electron chi connectivity index (χ1n) is 8.65. The Kier molecular flexibility index (Phi) is 5.06. The molecule has 0 saturated heterocycles. The summed E-state index contributed by atoms with van der Waals surface area (Å²) in [4.78, 5) is 21.9. The summed E-state index contributed by atoms with van der Waals surface area (Å²) in [7, 11) is 0. The average molecular weight is 395 g/mol. The van der Waals surface area contributed by atoms with Gasteiger partial charge in [0, 0.05) is 46.4 Å². The summed E-state index contributed by atoms with van der Waals surface area (Å²) in [5, 5.41) is 1.27. The monoisotopic (exact) mass is 394 g/mol. The van der Waals surface area contributed by atoms with Crippen molar-refractivity contribution in [2.45, 2.75) is 18.9 Å².